The standard InChI is InChI=1S/C12H23NO/c1-10-4-3-7-12(14,8-10)9-13-11-5-2-6-11/h10-11,13-14H,2-9H2,1H3. The lowest BCUT2D eigenvalue weighted by molar-refractivity contribution is -0.0156. The van der Waals surface area contributed by atoms with Crippen LogP contribution in [0.1, 0.15) is 51.9 Å². The van der Waals surface area contributed by atoms with Crippen molar-refractivity contribution in [2.75, 3.05) is 6.54 Å². The minimum absolute atomic E-state index is 0.396. The Balaban J connectivity index is 1.75. The summed E-state index contributed by atoms with van der Waals surface area (Å²) in [5, 5.41) is 13.8. The van der Waals surface area contributed by atoms with Crippen molar-refractivity contribution in [3.05, 3.63) is 0 Å². The minimum Gasteiger partial charge on any atom is -0.389 e. The Kier molecular flexibility index (Phi) is 3.13. The fraction of sp³-hybridized carbons (Fsp3) is 1.00. The third kappa shape index (κ3) is 2.48. The van der Waals surface area contributed by atoms with Gasteiger partial charge >= 0.3 is 0 Å². The molecule has 0 spiro atoms. The second kappa shape index (κ2) is 4.19. The van der Waals surface area contributed by atoms with Crippen LogP contribution in [0, 0.1) is 5.92 Å². The second-order valence-electron chi connectivity index (χ2n) is 5.43. The first-order valence-corrected chi connectivity index (χ1v) is 6.14. The van der Waals surface area contributed by atoms with Crippen molar-refractivity contribution in [2.24, 2.45) is 5.92 Å². The van der Waals surface area contributed by atoms with Gasteiger partial charge in [-0.15, -0.1) is 0 Å². The molecule has 2 fully saturated rings. The van der Waals surface area contributed by atoms with Gasteiger partial charge in [0.05, 0.1) is 5.60 Å². The molecule has 2 atom stereocenters. The van der Waals surface area contributed by atoms with E-state index in [4.69, 9.17) is 0 Å². The van der Waals surface area contributed by atoms with E-state index in [9.17, 15) is 5.11 Å². The summed E-state index contributed by atoms with van der Waals surface area (Å²) in [6.07, 6.45) is 8.48. The van der Waals surface area contributed by atoms with Gasteiger partial charge in [-0.2, -0.15) is 0 Å². The van der Waals surface area contributed by atoms with E-state index in [0.717, 1.165) is 19.4 Å². The maximum atomic E-state index is 10.3. The van der Waals surface area contributed by atoms with Crippen molar-refractivity contribution in [3.63, 3.8) is 0 Å². The van der Waals surface area contributed by atoms with Crippen LogP contribution in [0.15, 0.2) is 0 Å². The van der Waals surface area contributed by atoms with Gasteiger partial charge in [-0.3, -0.25) is 0 Å². The van der Waals surface area contributed by atoms with Gasteiger partial charge in [0.25, 0.3) is 0 Å². The molecule has 2 aliphatic rings. The zero-order valence-electron chi connectivity index (χ0n) is 9.26. The number of hydrogen-bond donors (Lipinski definition) is 2. The molecule has 0 aliphatic heterocycles. The second-order valence-corrected chi connectivity index (χ2v) is 5.43. The lowest BCUT2D eigenvalue weighted by Crippen LogP contribution is -2.48. The lowest BCUT2D eigenvalue weighted by atomic mass is 9.78. The summed E-state index contributed by atoms with van der Waals surface area (Å²) in [6.45, 7) is 3.08. The summed E-state index contributed by atoms with van der Waals surface area (Å²) in [5.41, 5.74) is -0.396. The summed E-state index contributed by atoms with van der Waals surface area (Å²) in [7, 11) is 0. The molecular formula is C12H23NO. The van der Waals surface area contributed by atoms with Crippen LogP contribution < -0.4 is 5.32 Å². The minimum atomic E-state index is -0.396. The summed E-state index contributed by atoms with van der Waals surface area (Å²) in [4.78, 5) is 0. The largest absolute Gasteiger partial charge is 0.389 e. The predicted octanol–water partition coefficient (Wildman–Crippen LogP) is 2.07. The van der Waals surface area contributed by atoms with E-state index < -0.39 is 5.60 Å². The molecule has 2 unspecified atom stereocenters. The van der Waals surface area contributed by atoms with Gasteiger partial charge < -0.3 is 10.4 Å². The van der Waals surface area contributed by atoms with Crippen LogP contribution in [0.2, 0.25) is 0 Å². The Morgan fingerprint density at radius 1 is 1.29 bits per heavy atom. The van der Waals surface area contributed by atoms with Gasteiger partial charge in [0.1, 0.15) is 0 Å². The molecule has 82 valence electrons. The molecule has 2 nitrogen and oxygen atoms in total. The Morgan fingerprint density at radius 3 is 2.64 bits per heavy atom. The molecular weight excluding hydrogens is 174 g/mol. The Labute approximate surface area is 87.1 Å². The van der Waals surface area contributed by atoms with Crippen molar-refractivity contribution in [1.29, 1.82) is 0 Å². The van der Waals surface area contributed by atoms with E-state index in [1.165, 1.54) is 32.1 Å². The smallest absolute Gasteiger partial charge is 0.0774 e. The summed E-state index contributed by atoms with van der Waals surface area (Å²) >= 11 is 0. The van der Waals surface area contributed by atoms with E-state index in [1.807, 2.05) is 0 Å². The molecule has 2 N–H and O–H groups in total. The summed E-state index contributed by atoms with van der Waals surface area (Å²) < 4.78 is 0. The average molecular weight is 197 g/mol. The van der Waals surface area contributed by atoms with Gasteiger partial charge in [-0.05, 0) is 31.6 Å². The Bertz CT molecular complexity index is 191. The fourth-order valence-corrected chi connectivity index (χ4v) is 2.74. The monoisotopic (exact) mass is 197 g/mol. The van der Waals surface area contributed by atoms with Crippen LogP contribution in [0.4, 0.5) is 0 Å². The lowest BCUT2D eigenvalue weighted by Gasteiger charge is -2.38. The van der Waals surface area contributed by atoms with E-state index in [2.05, 4.69) is 12.2 Å². The van der Waals surface area contributed by atoms with Crippen molar-refractivity contribution < 1.29 is 5.11 Å². The molecule has 0 saturated heterocycles. The number of rotatable bonds is 3. The number of aliphatic hydroxyl groups is 1. The molecule has 0 amide bonds. The quantitative estimate of drug-likeness (QED) is 0.726. The third-order valence-corrected chi connectivity index (χ3v) is 3.89. The molecule has 14 heavy (non-hydrogen) atoms. The SMILES string of the molecule is CC1CCCC(O)(CNC2CCC2)C1. The van der Waals surface area contributed by atoms with Crippen molar-refractivity contribution >= 4 is 0 Å². The van der Waals surface area contributed by atoms with Crippen LogP contribution in [0.25, 0.3) is 0 Å². The summed E-state index contributed by atoms with van der Waals surface area (Å²) in [6, 6.07) is 0.705. The zero-order chi connectivity index (χ0) is 10.0. The van der Waals surface area contributed by atoms with Gasteiger partial charge in [-0.1, -0.05) is 26.2 Å². The van der Waals surface area contributed by atoms with E-state index in [0.29, 0.717) is 12.0 Å². The normalized spacial score (nSPS) is 39.4. The summed E-state index contributed by atoms with van der Waals surface area (Å²) in [5.74, 6) is 0.706. The molecule has 2 heteroatoms. The number of hydrogen-bond acceptors (Lipinski definition) is 2. The Hall–Kier alpha value is -0.0800. The van der Waals surface area contributed by atoms with Crippen molar-refractivity contribution in [2.45, 2.75) is 63.5 Å². The highest BCUT2D eigenvalue weighted by atomic mass is 16.3. The first-order valence-electron chi connectivity index (χ1n) is 6.14. The molecule has 0 aromatic rings. The van der Waals surface area contributed by atoms with Gasteiger partial charge in [-0.25, -0.2) is 0 Å². The fourth-order valence-electron chi connectivity index (χ4n) is 2.74. The zero-order valence-corrected chi connectivity index (χ0v) is 9.26. The Morgan fingerprint density at radius 2 is 2.07 bits per heavy atom. The van der Waals surface area contributed by atoms with Crippen molar-refractivity contribution in [3.8, 4) is 0 Å². The average Bonchev–Trinajstić information content (AvgIpc) is 2.00. The molecule has 0 radical (unpaired) electrons. The van der Waals surface area contributed by atoms with Crippen LogP contribution in [0.5, 0.6) is 0 Å². The van der Waals surface area contributed by atoms with Gasteiger partial charge in [0.15, 0.2) is 0 Å². The predicted molar refractivity (Wildman–Crippen MR) is 58.2 cm³/mol. The molecule has 0 bridgehead atoms. The first kappa shape index (κ1) is 10.4. The highest BCUT2D eigenvalue weighted by Crippen LogP contribution is 2.32. The molecule has 2 rings (SSSR count). The van der Waals surface area contributed by atoms with Gasteiger partial charge in [0, 0.05) is 12.6 Å². The molecule has 2 saturated carbocycles. The van der Waals surface area contributed by atoms with Gasteiger partial charge in [0.2, 0.25) is 0 Å². The molecule has 2 aliphatic carbocycles. The number of nitrogens with one attached hydrogen (secondary N) is 1. The van der Waals surface area contributed by atoms with Crippen LogP contribution in [-0.4, -0.2) is 23.3 Å². The highest BCUT2D eigenvalue weighted by Gasteiger charge is 2.33. The maximum absolute atomic E-state index is 10.3. The maximum Gasteiger partial charge on any atom is 0.0774 e. The van der Waals surface area contributed by atoms with E-state index >= 15 is 0 Å². The highest BCUT2D eigenvalue weighted by molar-refractivity contribution is 4.89. The molecule has 0 aromatic heterocycles. The first-order chi connectivity index (χ1) is 6.68. The molecule has 0 heterocycles. The van der Waals surface area contributed by atoms with Crippen LogP contribution in [-0.2, 0) is 0 Å². The van der Waals surface area contributed by atoms with Crippen molar-refractivity contribution in [1.82, 2.24) is 5.32 Å². The third-order valence-electron chi connectivity index (χ3n) is 3.89. The van der Waals surface area contributed by atoms with E-state index in [1.54, 1.807) is 0 Å². The molecule has 0 aromatic carbocycles. The van der Waals surface area contributed by atoms with Crippen LogP contribution >= 0.6 is 0 Å². The topological polar surface area (TPSA) is 32.3 Å². The van der Waals surface area contributed by atoms with Crippen LogP contribution in [0.3, 0.4) is 0 Å². The van der Waals surface area contributed by atoms with E-state index in [-0.39, 0.29) is 0 Å².